The molecule has 0 fully saturated rings. The molecule has 2 heterocycles. The van der Waals surface area contributed by atoms with E-state index in [0.29, 0.717) is 29.5 Å². The van der Waals surface area contributed by atoms with Crippen LogP contribution in [0.25, 0.3) is 11.0 Å². The second kappa shape index (κ2) is 11.0. The molecule has 0 bridgehead atoms. The summed E-state index contributed by atoms with van der Waals surface area (Å²) in [6, 6.07) is 19.7. The lowest BCUT2D eigenvalue weighted by Crippen LogP contribution is -2.44. The number of hydrogen-bond donors (Lipinski definition) is 1. The average Bonchev–Trinajstić information content (AvgIpc) is 3.45. The molecule has 1 N–H and O–H groups in total. The predicted molar refractivity (Wildman–Crippen MR) is 133 cm³/mol. The van der Waals surface area contributed by atoms with Crippen molar-refractivity contribution in [3.8, 4) is 0 Å². The summed E-state index contributed by atoms with van der Waals surface area (Å²) in [6.45, 7) is 6.74. The van der Waals surface area contributed by atoms with Gasteiger partial charge in [-0.25, -0.2) is 4.68 Å². The highest BCUT2D eigenvalue weighted by atomic mass is 16.3. The maximum Gasteiger partial charge on any atom is 0.250 e. The second-order valence-electron chi connectivity index (χ2n) is 9.07. The molecule has 2 aromatic carbocycles. The van der Waals surface area contributed by atoms with Gasteiger partial charge in [0.2, 0.25) is 5.91 Å². The van der Waals surface area contributed by atoms with E-state index in [9.17, 15) is 9.59 Å². The van der Waals surface area contributed by atoms with Gasteiger partial charge >= 0.3 is 0 Å². The Kier molecular flexibility index (Phi) is 7.60. The summed E-state index contributed by atoms with van der Waals surface area (Å²) in [7, 11) is 0. The number of hydrogen-bond acceptors (Lipinski definition) is 5. The fraction of sp³-hybridized carbons (Fsp3) is 0.333. The molecule has 0 aliphatic carbocycles. The Labute approximate surface area is 204 Å². The van der Waals surface area contributed by atoms with Gasteiger partial charge in [0.05, 0.1) is 5.52 Å². The van der Waals surface area contributed by atoms with Gasteiger partial charge in [0.1, 0.15) is 23.6 Å². The number of nitrogens with one attached hydrogen (secondary N) is 1. The fourth-order valence-electron chi connectivity index (χ4n) is 3.96. The number of nitrogens with zero attached hydrogens (tertiary/aromatic N) is 4. The van der Waals surface area contributed by atoms with E-state index in [4.69, 9.17) is 4.42 Å². The molecule has 4 rings (SSSR count). The maximum atomic E-state index is 13.8. The summed E-state index contributed by atoms with van der Waals surface area (Å²) < 4.78 is 7.45. The van der Waals surface area contributed by atoms with Gasteiger partial charge in [0.25, 0.3) is 5.91 Å². The fourth-order valence-corrected chi connectivity index (χ4v) is 3.96. The van der Waals surface area contributed by atoms with Gasteiger partial charge in [0.15, 0.2) is 6.04 Å². The highest BCUT2D eigenvalue weighted by Crippen LogP contribution is 2.26. The van der Waals surface area contributed by atoms with E-state index in [1.54, 1.807) is 21.7 Å². The number of aryl methyl sites for hydroxylation is 1. The summed E-state index contributed by atoms with van der Waals surface area (Å²) >= 11 is 0. The van der Waals surface area contributed by atoms with Crippen LogP contribution in [0.15, 0.2) is 71.1 Å². The average molecular weight is 474 g/mol. The summed E-state index contributed by atoms with van der Waals surface area (Å²) in [6.07, 6.45) is 0.840. The van der Waals surface area contributed by atoms with Gasteiger partial charge in [-0.15, -0.1) is 5.10 Å². The minimum atomic E-state index is -0.918. The standard InChI is InChI=1S/C27H31N5O3/c1-19(2)15-16-28-27(34)26(24-14-13-20(3)35-24)31(17-21-9-5-4-6-10-21)25(33)18-32-23-12-8-7-11-22(23)29-30-32/h4-14,19,26H,15-18H2,1-3H3,(H,28,34)/t26-/m1/s1. The van der Waals surface area contributed by atoms with E-state index in [1.807, 2.05) is 61.5 Å². The van der Waals surface area contributed by atoms with Crippen LogP contribution in [-0.2, 0) is 22.7 Å². The van der Waals surface area contributed by atoms with Crippen molar-refractivity contribution < 1.29 is 14.0 Å². The molecule has 0 aliphatic rings. The molecule has 0 saturated heterocycles. The van der Waals surface area contributed by atoms with Crippen LogP contribution in [-0.4, -0.2) is 38.3 Å². The molecule has 2 amide bonds. The minimum absolute atomic E-state index is 0.0528. The molecule has 8 nitrogen and oxygen atoms in total. The van der Waals surface area contributed by atoms with Crippen LogP contribution in [0.5, 0.6) is 0 Å². The third-order valence-corrected chi connectivity index (χ3v) is 5.83. The number of aromatic nitrogens is 3. The van der Waals surface area contributed by atoms with E-state index >= 15 is 0 Å². The van der Waals surface area contributed by atoms with E-state index < -0.39 is 6.04 Å². The zero-order valence-electron chi connectivity index (χ0n) is 20.3. The van der Waals surface area contributed by atoms with Crippen molar-refractivity contribution in [2.24, 2.45) is 5.92 Å². The lowest BCUT2D eigenvalue weighted by atomic mass is 10.1. The number of para-hydroxylation sites is 1. The first kappa shape index (κ1) is 24.2. The summed E-state index contributed by atoms with van der Waals surface area (Å²) in [5.41, 5.74) is 2.37. The Balaban J connectivity index is 1.68. The van der Waals surface area contributed by atoms with Crippen LogP contribution in [0, 0.1) is 12.8 Å². The zero-order valence-corrected chi connectivity index (χ0v) is 20.3. The van der Waals surface area contributed by atoms with E-state index in [-0.39, 0.29) is 24.9 Å². The Morgan fingerprint density at radius 2 is 1.77 bits per heavy atom. The normalized spacial score (nSPS) is 12.1. The van der Waals surface area contributed by atoms with Crippen molar-refractivity contribution in [2.75, 3.05) is 6.54 Å². The zero-order chi connectivity index (χ0) is 24.8. The quantitative estimate of drug-likeness (QED) is 0.371. The van der Waals surface area contributed by atoms with Crippen LogP contribution >= 0.6 is 0 Å². The number of rotatable bonds is 10. The van der Waals surface area contributed by atoms with Crippen LogP contribution in [0.2, 0.25) is 0 Å². The van der Waals surface area contributed by atoms with E-state index in [2.05, 4.69) is 29.5 Å². The predicted octanol–water partition coefficient (Wildman–Crippen LogP) is 4.27. The van der Waals surface area contributed by atoms with Gasteiger partial charge < -0.3 is 14.6 Å². The molecular formula is C27H31N5O3. The van der Waals surface area contributed by atoms with Gasteiger partial charge in [-0.1, -0.05) is 61.5 Å². The van der Waals surface area contributed by atoms with Crippen LogP contribution in [0.4, 0.5) is 0 Å². The Hall–Kier alpha value is -3.94. The molecule has 1 atom stereocenters. The molecule has 8 heteroatoms. The Morgan fingerprint density at radius 1 is 1.03 bits per heavy atom. The number of carbonyl (C=O) groups excluding carboxylic acids is 2. The first-order valence-corrected chi connectivity index (χ1v) is 11.9. The number of furan rings is 1. The molecule has 2 aromatic heterocycles. The van der Waals surface area contributed by atoms with E-state index in [1.165, 1.54) is 0 Å². The van der Waals surface area contributed by atoms with Gasteiger partial charge in [-0.3, -0.25) is 9.59 Å². The second-order valence-corrected chi connectivity index (χ2v) is 9.07. The largest absolute Gasteiger partial charge is 0.464 e. The molecule has 0 aliphatic heterocycles. The Bertz CT molecular complexity index is 1280. The van der Waals surface area contributed by atoms with Crippen molar-refractivity contribution in [2.45, 2.75) is 46.3 Å². The number of carbonyl (C=O) groups is 2. The van der Waals surface area contributed by atoms with Crippen molar-refractivity contribution in [3.05, 3.63) is 83.8 Å². The molecule has 35 heavy (non-hydrogen) atoms. The first-order valence-electron chi connectivity index (χ1n) is 11.9. The van der Waals surface area contributed by atoms with Crippen molar-refractivity contribution in [3.63, 3.8) is 0 Å². The highest BCUT2D eigenvalue weighted by Gasteiger charge is 2.34. The number of fused-ring (bicyclic) bond motifs is 1. The molecule has 0 radical (unpaired) electrons. The summed E-state index contributed by atoms with van der Waals surface area (Å²) in [5, 5.41) is 11.3. The molecule has 0 saturated carbocycles. The molecule has 0 unspecified atom stereocenters. The molecule has 4 aromatic rings. The number of amides is 2. The van der Waals surface area contributed by atoms with Crippen LogP contribution < -0.4 is 5.32 Å². The SMILES string of the molecule is Cc1ccc([C@H](C(=O)NCCC(C)C)N(Cc2ccccc2)C(=O)Cn2nnc3ccccc32)o1. The lowest BCUT2D eigenvalue weighted by Gasteiger charge is -2.30. The van der Waals surface area contributed by atoms with Crippen molar-refractivity contribution >= 4 is 22.8 Å². The molecule has 182 valence electrons. The maximum absolute atomic E-state index is 13.8. The van der Waals surface area contributed by atoms with E-state index in [0.717, 1.165) is 17.5 Å². The van der Waals surface area contributed by atoms with Crippen molar-refractivity contribution in [1.82, 2.24) is 25.2 Å². The third-order valence-electron chi connectivity index (χ3n) is 5.83. The monoisotopic (exact) mass is 473 g/mol. The van der Waals surface area contributed by atoms with Crippen molar-refractivity contribution in [1.29, 1.82) is 0 Å². The first-order chi connectivity index (χ1) is 16.9. The summed E-state index contributed by atoms with van der Waals surface area (Å²) in [5.74, 6) is 1.02. The third kappa shape index (κ3) is 5.95. The summed E-state index contributed by atoms with van der Waals surface area (Å²) in [4.78, 5) is 28.8. The van der Waals surface area contributed by atoms with Crippen LogP contribution in [0.3, 0.4) is 0 Å². The van der Waals surface area contributed by atoms with Gasteiger partial charge in [-0.05, 0) is 49.1 Å². The molecule has 0 spiro atoms. The van der Waals surface area contributed by atoms with Gasteiger partial charge in [-0.2, -0.15) is 0 Å². The molecular weight excluding hydrogens is 442 g/mol. The lowest BCUT2D eigenvalue weighted by molar-refractivity contribution is -0.143. The minimum Gasteiger partial charge on any atom is -0.464 e. The smallest absolute Gasteiger partial charge is 0.250 e. The number of benzene rings is 2. The Morgan fingerprint density at radius 3 is 2.49 bits per heavy atom. The van der Waals surface area contributed by atoms with Crippen LogP contribution in [0.1, 0.15) is 43.4 Å². The highest BCUT2D eigenvalue weighted by molar-refractivity contribution is 5.88. The van der Waals surface area contributed by atoms with Gasteiger partial charge in [0, 0.05) is 13.1 Å². The topological polar surface area (TPSA) is 93.3 Å².